The fourth-order valence-corrected chi connectivity index (χ4v) is 4.72. The molecule has 3 heterocycles. The molecule has 0 amide bonds. The van der Waals surface area contributed by atoms with Gasteiger partial charge in [-0.15, -0.1) is 0 Å². The minimum absolute atomic E-state index is 0.0975. The quantitative estimate of drug-likeness (QED) is 0.329. The Labute approximate surface area is 226 Å². The summed E-state index contributed by atoms with van der Waals surface area (Å²) in [6.45, 7) is 0.651. The van der Waals surface area contributed by atoms with Gasteiger partial charge < -0.3 is 25.7 Å². The van der Waals surface area contributed by atoms with E-state index in [1.807, 2.05) is 18.2 Å². The van der Waals surface area contributed by atoms with Gasteiger partial charge in [-0.2, -0.15) is 10.1 Å². The van der Waals surface area contributed by atoms with Gasteiger partial charge in [-0.25, -0.2) is 4.98 Å². The predicted octanol–water partition coefficient (Wildman–Crippen LogP) is 4.03. The molecule has 3 aromatic rings. The summed E-state index contributed by atoms with van der Waals surface area (Å²) >= 11 is 0. The van der Waals surface area contributed by atoms with E-state index in [1.54, 1.807) is 35.8 Å². The molecule has 2 aliphatic rings. The van der Waals surface area contributed by atoms with Gasteiger partial charge in [0.2, 0.25) is 5.95 Å². The van der Waals surface area contributed by atoms with Crippen LogP contribution in [0.2, 0.25) is 0 Å². The number of methoxy groups -OCH3 is 2. The molecule has 0 spiro atoms. The normalized spacial score (nSPS) is 16.4. The molecule has 5 rings (SSSR count). The topological polar surface area (TPSA) is 138 Å². The van der Waals surface area contributed by atoms with E-state index in [9.17, 15) is 4.79 Å². The fraction of sp³-hybridized carbons (Fsp3) is 0.241. The first-order valence-electron chi connectivity index (χ1n) is 12.6. The second-order valence-corrected chi connectivity index (χ2v) is 9.13. The molecule has 0 saturated carbocycles. The first kappa shape index (κ1) is 25.8. The van der Waals surface area contributed by atoms with Crippen molar-refractivity contribution in [3.8, 4) is 11.5 Å². The lowest BCUT2D eigenvalue weighted by Crippen LogP contribution is -2.27. The average molecular weight is 527 g/mol. The molecule has 4 N–H and O–H groups in total. The summed E-state index contributed by atoms with van der Waals surface area (Å²) < 4.78 is 17.1. The second kappa shape index (κ2) is 11.3. The van der Waals surface area contributed by atoms with Crippen molar-refractivity contribution in [2.75, 3.05) is 32.3 Å². The summed E-state index contributed by atoms with van der Waals surface area (Å²) in [6, 6.07) is 11.3. The van der Waals surface area contributed by atoms with Crippen LogP contribution >= 0.6 is 0 Å². The van der Waals surface area contributed by atoms with E-state index in [0.717, 1.165) is 35.3 Å². The lowest BCUT2D eigenvalue weighted by molar-refractivity contribution is 0.103. The second-order valence-electron chi connectivity index (χ2n) is 9.13. The molecule has 10 nitrogen and oxygen atoms in total. The Hall–Kier alpha value is -4.86. The van der Waals surface area contributed by atoms with Gasteiger partial charge in [0.1, 0.15) is 17.6 Å². The maximum Gasteiger partial charge on any atom is 0.221 e. The summed E-state index contributed by atoms with van der Waals surface area (Å²) in [5.41, 5.74) is 15.5. The molecule has 1 atom stereocenters. The molecule has 1 aromatic heterocycles. The molecule has 1 unspecified atom stereocenters. The van der Waals surface area contributed by atoms with Crippen molar-refractivity contribution in [3.63, 3.8) is 0 Å². The van der Waals surface area contributed by atoms with E-state index in [4.69, 9.17) is 25.7 Å². The number of aromatic nitrogens is 2. The zero-order chi connectivity index (χ0) is 27.4. The number of allylic oxidation sites excluding steroid dienone is 2. The predicted molar refractivity (Wildman–Crippen MR) is 149 cm³/mol. The molecular weight excluding hydrogens is 496 g/mol. The summed E-state index contributed by atoms with van der Waals surface area (Å²) in [6.07, 6.45) is 10.9. The summed E-state index contributed by atoms with van der Waals surface area (Å²) in [4.78, 5) is 21.6. The van der Waals surface area contributed by atoms with Gasteiger partial charge in [0.15, 0.2) is 17.3 Å². The van der Waals surface area contributed by atoms with Crippen LogP contribution in [0.5, 0.6) is 11.5 Å². The van der Waals surface area contributed by atoms with Crippen LogP contribution < -0.4 is 20.9 Å². The lowest BCUT2D eigenvalue weighted by atomic mass is 9.96. The molecule has 2 aromatic carbocycles. The number of carbonyl (C=O) groups is 1. The van der Waals surface area contributed by atoms with Crippen molar-refractivity contribution in [1.82, 2.24) is 15.0 Å². The Morgan fingerprint density at radius 2 is 2.05 bits per heavy atom. The van der Waals surface area contributed by atoms with E-state index in [0.29, 0.717) is 35.7 Å². The van der Waals surface area contributed by atoms with Crippen LogP contribution in [0.15, 0.2) is 71.8 Å². The van der Waals surface area contributed by atoms with Crippen molar-refractivity contribution >= 4 is 23.8 Å². The highest BCUT2D eigenvalue weighted by Gasteiger charge is 2.29. The van der Waals surface area contributed by atoms with Gasteiger partial charge in [-0.3, -0.25) is 9.80 Å². The number of hydrazone groups is 1. The summed E-state index contributed by atoms with van der Waals surface area (Å²) in [5.74, 6) is 1.68. The smallest absolute Gasteiger partial charge is 0.221 e. The standard InChI is InChI=1S/C29H30N6O4/c1-37-25-15-18(13-20-16-32-29(31)34-28(20)30)14-22(27(25)38-2)23(36)10-11-35-26(24-9-5-6-12-39-24)21-8-4-3-7-19(21)17-33-35/h3-4,7-11,14-17,26H,5-6,12-13H2,1-2H3,(H4,30,31,32,34)/b11-10+. The Morgan fingerprint density at radius 1 is 1.21 bits per heavy atom. The Bertz CT molecular complexity index is 1480. The largest absolute Gasteiger partial charge is 0.496 e. The van der Waals surface area contributed by atoms with E-state index in [1.165, 1.54) is 20.3 Å². The molecule has 0 bridgehead atoms. The van der Waals surface area contributed by atoms with Crippen LogP contribution in [-0.4, -0.2) is 47.8 Å². The van der Waals surface area contributed by atoms with Gasteiger partial charge in [0, 0.05) is 36.0 Å². The van der Waals surface area contributed by atoms with Crippen molar-refractivity contribution in [2.45, 2.75) is 25.3 Å². The summed E-state index contributed by atoms with van der Waals surface area (Å²) in [5, 5.41) is 6.36. The van der Waals surface area contributed by atoms with Crippen LogP contribution in [0.25, 0.3) is 0 Å². The number of ether oxygens (including phenoxy) is 3. The summed E-state index contributed by atoms with van der Waals surface area (Å²) in [7, 11) is 3.02. The highest BCUT2D eigenvalue weighted by Crippen LogP contribution is 2.37. The average Bonchev–Trinajstić information content (AvgIpc) is 2.96. The number of hydrogen-bond donors (Lipinski definition) is 2. The molecule has 0 fully saturated rings. The number of nitrogens with two attached hydrogens (primary N) is 2. The van der Waals surface area contributed by atoms with Gasteiger partial charge in [0.05, 0.1) is 32.6 Å². The van der Waals surface area contributed by atoms with Crippen LogP contribution in [0.1, 0.15) is 51.5 Å². The third-order valence-electron chi connectivity index (χ3n) is 6.61. The zero-order valence-corrected chi connectivity index (χ0v) is 21.8. The maximum atomic E-state index is 13.6. The number of rotatable bonds is 8. The zero-order valence-electron chi connectivity index (χ0n) is 21.8. The number of carbonyl (C=O) groups excluding carboxylic acids is 1. The minimum Gasteiger partial charge on any atom is -0.496 e. The lowest BCUT2D eigenvalue weighted by Gasteiger charge is -2.33. The molecule has 39 heavy (non-hydrogen) atoms. The number of nitrogens with zero attached hydrogens (tertiary/aromatic N) is 4. The number of fused-ring (bicyclic) bond motifs is 1. The molecule has 10 heteroatoms. The molecule has 0 saturated heterocycles. The van der Waals surface area contributed by atoms with Crippen LogP contribution in [0, 0.1) is 0 Å². The van der Waals surface area contributed by atoms with Gasteiger partial charge in [0.25, 0.3) is 0 Å². The third kappa shape index (κ3) is 5.40. The molecular formula is C29H30N6O4. The van der Waals surface area contributed by atoms with Gasteiger partial charge in [-0.05, 0) is 42.2 Å². The van der Waals surface area contributed by atoms with Crippen molar-refractivity contribution in [2.24, 2.45) is 5.10 Å². The SMILES string of the molecule is COc1cc(Cc2cnc(N)nc2N)cc(C(=O)/C=C/N2N=Cc3ccccc3C2C2=CCCCO2)c1OC. The Morgan fingerprint density at radius 3 is 2.79 bits per heavy atom. The molecule has 0 radical (unpaired) electrons. The van der Waals surface area contributed by atoms with E-state index in [-0.39, 0.29) is 23.6 Å². The number of benzene rings is 2. The Balaban J connectivity index is 1.47. The van der Waals surface area contributed by atoms with Crippen LogP contribution in [0.3, 0.4) is 0 Å². The van der Waals surface area contributed by atoms with E-state index in [2.05, 4.69) is 27.2 Å². The van der Waals surface area contributed by atoms with Crippen molar-refractivity contribution in [1.29, 1.82) is 0 Å². The van der Waals surface area contributed by atoms with E-state index >= 15 is 0 Å². The fourth-order valence-electron chi connectivity index (χ4n) is 4.72. The van der Waals surface area contributed by atoms with Crippen molar-refractivity contribution < 1.29 is 19.0 Å². The van der Waals surface area contributed by atoms with Gasteiger partial charge in [-0.1, -0.05) is 24.3 Å². The molecule has 2 aliphatic heterocycles. The highest BCUT2D eigenvalue weighted by atomic mass is 16.5. The monoisotopic (exact) mass is 526 g/mol. The first-order chi connectivity index (χ1) is 19.0. The third-order valence-corrected chi connectivity index (χ3v) is 6.61. The number of anilines is 2. The number of hydrogen-bond acceptors (Lipinski definition) is 10. The number of nitrogen functional groups attached to an aromatic ring is 2. The highest BCUT2D eigenvalue weighted by molar-refractivity contribution is 6.07. The van der Waals surface area contributed by atoms with Crippen molar-refractivity contribution in [3.05, 3.63) is 94.5 Å². The minimum atomic E-state index is -0.278. The molecule has 200 valence electrons. The molecule has 0 aliphatic carbocycles. The Kier molecular flexibility index (Phi) is 7.44. The van der Waals surface area contributed by atoms with E-state index < -0.39 is 0 Å². The first-order valence-corrected chi connectivity index (χ1v) is 12.6. The van der Waals surface area contributed by atoms with Crippen LogP contribution in [0.4, 0.5) is 11.8 Å². The van der Waals surface area contributed by atoms with Crippen LogP contribution in [-0.2, 0) is 11.2 Å². The van der Waals surface area contributed by atoms with Gasteiger partial charge >= 0.3 is 0 Å². The number of ketones is 1. The maximum absolute atomic E-state index is 13.6.